The first-order chi connectivity index (χ1) is 8.83. The number of rotatable bonds is 6. The average molecular weight is 282 g/mol. The molecule has 0 aromatic carbocycles. The molecule has 0 fully saturated rings. The van der Waals surface area contributed by atoms with Gasteiger partial charge in [0.25, 0.3) is 0 Å². The van der Waals surface area contributed by atoms with Crippen molar-refractivity contribution in [2.75, 3.05) is 6.54 Å². The van der Waals surface area contributed by atoms with Crippen molar-refractivity contribution >= 4 is 5.91 Å². The highest BCUT2D eigenvalue weighted by Gasteiger charge is 2.25. The molecule has 1 amide bonds. The fourth-order valence-electron chi connectivity index (χ4n) is 1.87. The number of carbonyl (C=O) groups is 1. The minimum atomic E-state index is -0.0497. The SMILES string of the molecule is C=C([C@H](CC(C)C)NC(=O)CNC(C)(C)C)C(C)(C)C. The van der Waals surface area contributed by atoms with Gasteiger partial charge in [0, 0.05) is 5.54 Å². The highest BCUT2D eigenvalue weighted by Crippen LogP contribution is 2.28. The zero-order chi connectivity index (χ0) is 16.1. The molecule has 1 atom stereocenters. The average Bonchev–Trinajstić information content (AvgIpc) is 2.21. The van der Waals surface area contributed by atoms with E-state index in [1.807, 2.05) is 0 Å². The minimum absolute atomic E-state index is 0.00426. The summed E-state index contributed by atoms with van der Waals surface area (Å²) in [6, 6.07) is 0.0456. The Morgan fingerprint density at radius 2 is 1.60 bits per heavy atom. The van der Waals surface area contributed by atoms with Crippen LogP contribution in [0.2, 0.25) is 0 Å². The molecule has 20 heavy (non-hydrogen) atoms. The van der Waals surface area contributed by atoms with Crippen LogP contribution in [0.1, 0.15) is 61.8 Å². The van der Waals surface area contributed by atoms with Gasteiger partial charge in [0.1, 0.15) is 0 Å². The molecule has 0 aliphatic heterocycles. The third-order valence-corrected chi connectivity index (χ3v) is 3.21. The molecule has 0 aromatic heterocycles. The molecule has 0 aromatic rings. The van der Waals surface area contributed by atoms with Gasteiger partial charge in [-0.1, -0.05) is 41.2 Å². The molecule has 0 unspecified atom stereocenters. The Morgan fingerprint density at radius 3 is 1.95 bits per heavy atom. The molecule has 0 saturated heterocycles. The van der Waals surface area contributed by atoms with E-state index in [9.17, 15) is 4.79 Å². The van der Waals surface area contributed by atoms with Crippen LogP contribution in [0.5, 0.6) is 0 Å². The largest absolute Gasteiger partial charge is 0.349 e. The molecule has 118 valence electrons. The topological polar surface area (TPSA) is 41.1 Å². The predicted molar refractivity (Wildman–Crippen MR) is 87.7 cm³/mol. The van der Waals surface area contributed by atoms with Gasteiger partial charge in [0.15, 0.2) is 0 Å². The monoisotopic (exact) mass is 282 g/mol. The number of amides is 1. The number of hydrogen-bond acceptors (Lipinski definition) is 2. The first-order valence-corrected chi connectivity index (χ1v) is 7.56. The van der Waals surface area contributed by atoms with E-state index in [0.717, 1.165) is 12.0 Å². The Balaban J connectivity index is 4.66. The Bertz CT molecular complexity index is 332. The molecule has 3 nitrogen and oxygen atoms in total. The maximum absolute atomic E-state index is 12.1. The number of carbonyl (C=O) groups excluding carboxylic acids is 1. The van der Waals surface area contributed by atoms with Gasteiger partial charge >= 0.3 is 0 Å². The van der Waals surface area contributed by atoms with E-state index in [2.05, 4.69) is 72.6 Å². The summed E-state index contributed by atoms with van der Waals surface area (Å²) >= 11 is 0. The molecule has 0 bridgehead atoms. The van der Waals surface area contributed by atoms with E-state index in [1.165, 1.54) is 0 Å². The molecule has 0 saturated carbocycles. The molecule has 0 rings (SSSR count). The fraction of sp³-hybridized carbons (Fsp3) is 0.824. The Hall–Kier alpha value is -0.830. The van der Waals surface area contributed by atoms with Gasteiger partial charge in [0.2, 0.25) is 5.91 Å². The van der Waals surface area contributed by atoms with Gasteiger partial charge in [-0.15, -0.1) is 0 Å². The third kappa shape index (κ3) is 8.36. The quantitative estimate of drug-likeness (QED) is 0.732. The zero-order valence-corrected chi connectivity index (χ0v) is 14.7. The normalized spacial score (nSPS) is 14.2. The lowest BCUT2D eigenvalue weighted by molar-refractivity contribution is -0.121. The fourth-order valence-corrected chi connectivity index (χ4v) is 1.87. The maximum Gasteiger partial charge on any atom is 0.234 e. The highest BCUT2D eigenvalue weighted by molar-refractivity contribution is 5.78. The number of hydrogen-bond donors (Lipinski definition) is 2. The van der Waals surface area contributed by atoms with Crippen molar-refractivity contribution < 1.29 is 4.79 Å². The molecule has 0 aliphatic rings. The molecule has 3 heteroatoms. The Morgan fingerprint density at radius 1 is 1.10 bits per heavy atom. The van der Waals surface area contributed by atoms with Crippen LogP contribution in [0, 0.1) is 11.3 Å². The standard InChI is InChI=1S/C17H34N2O/c1-12(2)10-14(13(3)16(4,5)6)19-15(20)11-18-17(7,8)9/h12,14,18H,3,10-11H2,1-2,4-9H3,(H,19,20)/t14-/m0/s1. The summed E-state index contributed by atoms with van der Waals surface area (Å²) in [5, 5.41) is 6.34. The second-order valence-corrected chi connectivity index (χ2v) is 8.13. The van der Waals surface area contributed by atoms with Crippen LogP contribution in [0.4, 0.5) is 0 Å². The maximum atomic E-state index is 12.1. The first-order valence-electron chi connectivity index (χ1n) is 7.56. The van der Waals surface area contributed by atoms with E-state index in [4.69, 9.17) is 0 Å². The van der Waals surface area contributed by atoms with Crippen LogP contribution in [0.15, 0.2) is 12.2 Å². The van der Waals surface area contributed by atoms with Crippen LogP contribution in [-0.4, -0.2) is 24.0 Å². The predicted octanol–water partition coefficient (Wildman–Crippen LogP) is 3.51. The summed E-state index contributed by atoms with van der Waals surface area (Å²) in [5.74, 6) is 0.561. The van der Waals surface area contributed by atoms with Crippen molar-refractivity contribution in [1.82, 2.24) is 10.6 Å². The lowest BCUT2D eigenvalue weighted by Gasteiger charge is -2.32. The molecule has 0 radical (unpaired) electrons. The summed E-state index contributed by atoms with van der Waals surface area (Å²) in [6.07, 6.45) is 0.928. The lowest BCUT2D eigenvalue weighted by atomic mass is 9.80. The zero-order valence-electron chi connectivity index (χ0n) is 14.7. The van der Waals surface area contributed by atoms with Gasteiger partial charge in [0.05, 0.1) is 12.6 Å². The Labute approximate surface area is 125 Å². The van der Waals surface area contributed by atoms with E-state index in [0.29, 0.717) is 12.5 Å². The van der Waals surface area contributed by atoms with E-state index < -0.39 is 0 Å². The molecule has 0 heterocycles. The lowest BCUT2D eigenvalue weighted by Crippen LogP contribution is -2.47. The second kappa shape index (κ2) is 7.26. The van der Waals surface area contributed by atoms with Crippen LogP contribution >= 0.6 is 0 Å². The van der Waals surface area contributed by atoms with Crippen LogP contribution in [0.25, 0.3) is 0 Å². The summed E-state index contributed by atoms with van der Waals surface area (Å²) in [4.78, 5) is 12.1. The van der Waals surface area contributed by atoms with Crippen molar-refractivity contribution in [3.8, 4) is 0 Å². The van der Waals surface area contributed by atoms with Gasteiger partial charge in [-0.2, -0.15) is 0 Å². The van der Waals surface area contributed by atoms with Crippen molar-refractivity contribution in [3.63, 3.8) is 0 Å². The Kier molecular flexibility index (Phi) is 6.96. The van der Waals surface area contributed by atoms with Gasteiger partial charge in [-0.3, -0.25) is 4.79 Å². The van der Waals surface area contributed by atoms with E-state index in [-0.39, 0.29) is 22.9 Å². The van der Waals surface area contributed by atoms with Crippen molar-refractivity contribution in [2.24, 2.45) is 11.3 Å². The van der Waals surface area contributed by atoms with Gasteiger partial charge in [-0.25, -0.2) is 0 Å². The van der Waals surface area contributed by atoms with Crippen molar-refractivity contribution in [2.45, 2.75) is 73.4 Å². The first kappa shape index (κ1) is 19.2. The number of nitrogens with one attached hydrogen (secondary N) is 2. The summed E-state index contributed by atoms with van der Waals surface area (Å²) in [5.41, 5.74) is 1.05. The molecular formula is C17H34N2O. The summed E-state index contributed by atoms with van der Waals surface area (Å²) < 4.78 is 0. The minimum Gasteiger partial charge on any atom is -0.349 e. The van der Waals surface area contributed by atoms with E-state index >= 15 is 0 Å². The van der Waals surface area contributed by atoms with Crippen molar-refractivity contribution in [3.05, 3.63) is 12.2 Å². The second-order valence-electron chi connectivity index (χ2n) is 8.13. The summed E-state index contributed by atoms with van der Waals surface area (Å²) in [6.45, 7) is 21.5. The van der Waals surface area contributed by atoms with E-state index in [1.54, 1.807) is 0 Å². The highest BCUT2D eigenvalue weighted by atomic mass is 16.2. The smallest absolute Gasteiger partial charge is 0.234 e. The molecule has 0 spiro atoms. The van der Waals surface area contributed by atoms with Crippen LogP contribution < -0.4 is 10.6 Å². The van der Waals surface area contributed by atoms with Gasteiger partial charge < -0.3 is 10.6 Å². The summed E-state index contributed by atoms with van der Waals surface area (Å²) in [7, 11) is 0. The molecule has 2 N–H and O–H groups in total. The van der Waals surface area contributed by atoms with Crippen LogP contribution in [-0.2, 0) is 4.79 Å². The van der Waals surface area contributed by atoms with Crippen molar-refractivity contribution in [1.29, 1.82) is 0 Å². The molecule has 0 aliphatic carbocycles. The molecular weight excluding hydrogens is 248 g/mol. The van der Waals surface area contributed by atoms with Gasteiger partial charge in [-0.05, 0) is 44.1 Å². The third-order valence-electron chi connectivity index (χ3n) is 3.21. The van der Waals surface area contributed by atoms with Crippen LogP contribution in [0.3, 0.4) is 0 Å².